The summed E-state index contributed by atoms with van der Waals surface area (Å²) in [6.45, 7) is 4.43. The molecule has 1 heteroatoms. The van der Waals surface area contributed by atoms with Crippen molar-refractivity contribution >= 4 is 11.0 Å². The minimum absolute atomic E-state index is 0.573. The second kappa shape index (κ2) is 8.33. The summed E-state index contributed by atoms with van der Waals surface area (Å²) < 4.78 is 6.32. The average Bonchev–Trinajstić information content (AvgIpc) is 3.07. The van der Waals surface area contributed by atoms with Gasteiger partial charge in [0.1, 0.15) is 11.3 Å². The number of aryl methyl sites for hydroxylation is 3. The maximum atomic E-state index is 6.32. The van der Waals surface area contributed by atoms with Crippen molar-refractivity contribution in [3.8, 4) is 0 Å². The normalized spacial score (nSPS) is 21.1. The zero-order chi connectivity index (χ0) is 18.6. The molecule has 2 atom stereocenters. The first-order valence-corrected chi connectivity index (χ1v) is 10.8. The standard InChI is InChI=1S/C26H32O/c1-19-13-14-21(17-20(19)2)15-16-22-9-5-3-4-6-11-24(22)26-18-23-10-7-8-12-25(23)27-26/h7-8,10,12-14,17-18,22,24H,3-6,9,11,15-16H2,1-2H3. The molecule has 0 aliphatic heterocycles. The van der Waals surface area contributed by atoms with E-state index >= 15 is 0 Å². The van der Waals surface area contributed by atoms with Crippen molar-refractivity contribution in [1.82, 2.24) is 0 Å². The van der Waals surface area contributed by atoms with Crippen molar-refractivity contribution in [3.63, 3.8) is 0 Å². The fourth-order valence-corrected chi connectivity index (χ4v) is 4.78. The Kier molecular flexibility index (Phi) is 5.66. The monoisotopic (exact) mass is 360 g/mol. The summed E-state index contributed by atoms with van der Waals surface area (Å²) in [7, 11) is 0. The van der Waals surface area contributed by atoms with Crippen LogP contribution in [0.25, 0.3) is 11.0 Å². The lowest BCUT2D eigenvalue weighted by molar-refractivity contribution is 0.283. The largest absolute Gasteiger partial charge is 0.461 e. The van der Waals surface area contributed by atoms with Crippen LogP contribution in [0.5, 0.6) is 0 Å². The zero-order valence-electron chi connectivity index (χ0n) is 16.8. The maximum absolute atomic E-state index is 6.32. The summed E-state index contributed by atoms with van der Waals surface area (Å²) in [6.07, 6.45) is 10.5. The van der Waals surface area contributed by atoms with Crippen LogP contribution in [0.4, 0.5) is 0 Å². The van der Waals surface area contributed by atoms with Crippen LogP contribution in [0.1, 0.15) is 73.3 Å². The molecular weight excluding hydrogens is 328 g/mol. The van der Waals surface area contributed by atoms with E-state index in [2.05, 4.69) is 62.4 Å². The van der Waals surface area contributed by atoms with E-state index in [1.807, 2.05) is 0 Å². The van der Waals surface area contributed by atoms with E-state index in [0.29, 0.717) is 5.92 Å². The van der Waals surface area contributed by atoms with Crippen molar-refractivity contribution in [2.45, 2.75) is 71.1 Å². The lowest BCUT2D eigenvalue weighted by Gasteiger charge is -2.28. The SMILES string of the molecule is Cc1ccc(CCC2CCCCCCC2c2cc3ccccc3o2)cc1C. The van der Waals surface area contributed by atoms with E-state index in [-0.39, 0.29) is 0 Å². The highest BCUT2D eigenvalue weighted by atomic mass is 16.3. The molecule has 0 amide bonds. The molecule has 1 heterocycles. The van der Waals surface area contributed by atoms with Gasteiger partial charge in [-0.25, -0.2) is 0 Å². The number of furan rings is 1. The van der Waals surface area contributed by atoms with Gasteiger partial charge >= 0.3 is 0 Å². The molecule has 1 fully saturated rings. The van der Waals surface area contributed by atoms with Crippen molar-refractivity contribution in [2.24, 2.45) is 5.92 Å². The first-order valence-electron chi connectivity index (χ1n) is 10.8. The lowest BCUT2D eigenvalue weighted by Crippen LogP contribution is -2.16. The quantitative estimate of drug-likeness (QED) is 0.464. The molecule has 142 valence electrons. The predicted octanol–water partition coefficient (Wildman–Crippen LogP) is 7.74. The van der Waals surface area contributed by atoms with Gasteiger partial charge in [0, 0.05) is 11.3 Å². The third-order valence-electron chi connectivity index (χ3n) is 6.59. The summed E-state index contributed by atoms with van der Waals surface area (Å²) in [6, 6.07) is 17.8. The third-order valence-corrected chi connectivity index (χ3v) is 6.59. The molecule has 1 aliphatic carbocycles. The molecule has 0 N–H and O–H groups in total. The summed E-state index contributed by atoms with van der Waals surface area (Å²) in [5.41, 5.74) is 5.34. The van der Waals surface area contributed by atoms with Gasteiger partial charge in [0.05, 0.1) is 0 Å². The third kappa shape index (κ3) is 4.29. The van der Waals surface area contributed by atoms with Crippen molar-refractivity contribution in [2.75, 3.05) is 0 Å². The molecule has 1 nitrogen and oxygen atoms in total. The molecule has 2 unspecified atom stereocenters. The summed E-state index contributed by atoms with van der Waals surface area (Å²) >= 11 is 0. The molecule has 4 rings (SSSR count). The molecule has 27 heavy (non-hydrogen) atoms. The molecule has 1 aromatic heterocycles. The molecule has 1 saturated carbocycles. The number of benzene rings is 2. The van der Waals surface area contributed by atoms with Crippen LogP contribution in [-0.2, 0) is 6.42 Å². The van der Waals surface area contributed by atoms with Gasteiger partial charge in [0.15, 0.2) is 0 Å². The van der Waals surface area contributed by atoms with Gasteiger partial charge in [-0.3, -0.25) is 0 Å². The molecule has 0 bridgehead atoms. The number of rotatable bonds is 4. The molecule has 0 spiro atoms. The topological polar surface area (TPSA) is 13.1 Å². The van der Waals surface area contributed by atoms with Crippen molar-refractivity contribution in [1.29, 1.82) is 0 Å². The fourth-order valence-electron chi connectivity index (χ4n) is 4.78. The van der Waals surface area contributed by atoms with Crippen LogP contribution >= 0.6 is 0 Å². The Labute approximate surface area is 163 Å². The Hall–Kier alpha value is -2.02. The fraction of sp³-hybridized carbons (Fsp3) is 0.462. The highest BCUT2D eigenvalue weighted by Crippen LogP contribution is 2.40. The van der Waals surface area contributed by atoms with Gasteiger partial charge in [0.25, 0.3) is 0 Å². The average molecular weight is 361 g/mol. The van der Waals surface area contributed by atoms with Crippen LogP contribution in [0, 0.1) is 19.8 Å². The maximum Gasteiger partial charge on any atom is 0.134 e. The van der Waals surface area contributed by atoms with Crippen molar-refractivity contribution < 1.29 is 4.42 Å². The summed E-state index contributed by atoms with van der Waals surface area (Å²) in [5.74, 6) is 2.53. The smallest absolute Gasteiger partial charge is 0.134 e. The Bertz CT molecular complexity index is 855. The Morgan fingerprint density at radius 2 is 1.67 bits per heavy atom. The van der Waals surface area contributed by atoms with E-state index in [4.69, 9.17) is 4.42 Å². The Balaban J connectivity index is 1.55. The number of para-hydroxylation sites is 1. The zero-order valence-corrected chi connectivity index (χ0v) is 16.8. The molecule has 2 aromatic carbocycles. The van der Waals surface area contributed by atoms with Crippen LogP contribution in [0.3, 0.4) is 0 Å². The summed E-state index contributed by atoms with van der Waals surface area (Å²) in [4.78, 5) is 0. The Morgan fingerprint density at radius 3 is 2.48 bits per heavy atom. The van der Waals surface area contributed by atoms with E-state index in [1.165, 1.54) is 79.2 Å². The highest BCUT2D eigenvalue weighted by Gasteiger charge is 2.27. The predicted molar refractivity (Wildman–Crippen MR) is 114 cm³/mol. The van der Waals surface area contributed by atoms with Crippen LogP contribution in [0.2, 0.25) is 0 Å². The van der Waals surface area contributed by atoms with Crippen molar-refractivity contribution in [3.05, 3.63) is 71.0 Å². The van der Waals surface area contributed by atoms with E-state index < -0.39 is 0 Å². The summed E-state index contributed by atoms with van der Waals surface area (Å²) in [5, 5.41) is 1.25. The Morgan fingerprint density at radius 1 is 0.852 bits per heavy atom. The van der Waals surface area contributed by atoms with E-state index in [1.54, 1.807) is 0 Å². The first-order chi connectivity index (χ1) is 13.2. The lowest BCUT2D eigenvalue weighted by atomic mass is 9.77. The van der Waals surface area contributed by atoms with E-state index in [0.717, 1.165) is 11.5 Å². The van der Waals surface area contributed by atoms with Gasteiger partial charge in [0.2, 0.25) is 0 Å². The second-order valence-corrected chi connectivity index (χ2v) is 8.50. The molecule has 0 radical (unpaired) electrons. The van der Waals surface area contributed by atoms with Crippen LogP contribution in [0.15, 0.2) is 52.9 Å². The van der Waals surface area contributed by atoms with Gasteiger partial charge in [-0.05, 0) is 74.3 Å². The van der Waals surface area contributed by atoms with Crippen LogP contribution < -0.4 is 0 Å². The minimum Gasteiger partial charge on any atom is -0.461 e. The molecule has 3 aromatic rings. The van der Waals surface area contributed by atoms with E-state index in [9.17, 15) is 0 Å². The van der Waals surface area contributed by atoms with Gasteiger partial charge in [-0.2, -0.15) is 0 Å². The van der Waals surface area contributed by atoms with Crippen LogP contribution in [-0.4, -0.2) is 0 Å². The van der Waals surface area contributed by atoms with Gasteiger partial charge < -0.3 is 4.42 Å². The number of hydrogen-bond acceptors (Lipinski definition) is 1. The second-order valence-electron chi connectivity index (χ2n) is 8.50. The molecule has 1 aliphatic rings. The highest BCUT2D eigenvalue weighted by molar-refractivity contribution is 5.77. The number of fused-ring (bicyclic) bond motifs is 1. The first kappa shape index (κ1) is 18.3. The minimum atomic E-state index is 0.573. The number of hydrogen-bond donors (Lipinski definition) is 0. The molecular formula is C26H32O. The van der Waals surface area contributed by atoms with Gasteiger partial charge in [-0.1, -0.05) is 62.1 Å². The molecule has 0 saturated heterocycles. The van der Waals surface area contributed by atoms with Gasteiger partial charge in [-0.15, -0.1) is 0 Å².